The summed E-state index contributed by atoms with van der Waals surface area (Å²) < 4.78 is 0. The molecule has 1 aliphatic rings. The molecule has 0 aromatic heterocycles. The summed E-state index contributed by atoms with van der Waals surface area (Å²) in [6, 6.07) is 8.75. The fraction of sp³-hybridized carbons (Fsp3) is 0.375. The zero-order valence-electron chi connectivity index (χ0n) is 12.8. The first-order valence-corrected chi connectivity index (χ1v) is 7.59. The molecule has 0 heterocycles. The standard InChI is InChI=1S/C16H20N6O/c17-10-14(15(18)19)22-21-13-8-6-11(7-9-13)16(23)20-12-4-2-1-3-5-12/h6-9,12,21H,1-5H2,(H3,18,19)(H,20,23)/b22-14+. The van der Waals surface area contributed by atoms with Gasteiger partial charge in [-0.3, -0.25) is 15.6 Å². The second-order valence-electron chi connectivity index (χ2n) is 5.48. The molecule has 7 heteroatoms. The number of carbonyl (C=O) groups is 1. The fourth-order valence-electron chi connectivity index (χ4n) is 2.48. The summed E-state index contributed by atoms with van der Waals surface area (Å²) in [5.74, 6) is -0.475. The zero-order valence-corrected chi connectivity index (χ0v) is 12.8. The van der Waals surface area contributed by atoms with Gasteiger partial charge in [-0.25, -0.2) is 0 Å². The molecule has 2 rings (SSSR count). The Morgan fingerprint density at radius 2 is 1.91 bits per heavy atom. The number of hydrogen-bond donors (Lipinski definition) is 4. The molecule has 120 valence electrons. The Morgan fingerprint density at radius 3 is 2.48 bits per heavy atom. The van der Waals surface area contributed by atoms with Gasteiger partial charge in [-0.2, -0.15) is 10.4 Å². The summed E-state index contributed by atoms with van der Waals surface area (Å²) in [6.45, 7) is 0. The van der Waals surface area contributed by atoms with E-state index in [4.69, 9.17) is 16.4 Å². The number of hydrogen-bond acceptors (Lipinski definition) is 5. The minimum Gasteiger partial charge on any atom is -0.382 e. The van der Waals surface area contributed by atoms with Gasteiger partial charge in [0.1, 0.15) is 6.07 Å². The van der Waals surface area contributed by atoms with E-state index in [1.807, 2.05) is 0 Å². The Bertz CT molecular complexity index is 638. The smallest absolute Gasteiger partial charge is 0.251 e. The summed E-state index contributed by atoms with van der Waals surface area (Å²) >= 11 is 0. The van der Waals surface area contributed by atoms with E-state index in [1.54, 1.807) is 30.3 Å². The number of amidine groups is 1. The lowest BCUT2D eigenvalue weighted by molar-refractivity contribution is 0.0928. The van der Waals surface area contributed by atoms with Crippen LogP contribution in [0.1, 0.15) is 42.5 Å². The highest BCUT2D eigenvalue weighted by Crippen LogP contribution is 2.18. The van der Waals surface area contributed by atoms with Crippen LogP contribution < -0.4 is 16.5 Å². The van der Waals surface area contributed by atoms with Crippen LogP contribution in [0.2, 0.25) is 0 Å². The molecule has 23 heavy (non-hydrogen) atoms. The van der Waals surface area contributed by atoms with E-state index >= 15 is 0 Å². The molecule has 7 nitrogen and oxygen atoms in total. The van der Waals surface area contributed by atoms with Gasteiger partial charge in [0.05, 0.1) is 5.69 Å². The van der Waals surface area contributed by atoms with Crippen molar-refractivity contribution in [2.24, 2.45) is 10.8 Å². The number of hydrazone groups is 1. The number of nitrogens with two attached hydrogens (primary N) is 1. The number of nitrogens with zero attached hydrogens (tertiary/aromatic N) is 2. The Kier molecular flexibility index (Phi) is 5.69. The molecule has 0 spiro atoms. The predicted molar refractivity (Wildman–Crippen MR) is 89.4 cm³/mol. The maximum Gasteiger partial charge on any atom is 0.251 e. The molecule has 0 unspecified atom stereocenters. The normalized spacial score (nSPS) is 15.5. The lowest BCUT2D eigenvalue weighted by atomic mass is 9.95. The van der Waals surface area contributed by atoms with Crippen LogP contribution in [-0.2, 0) is 0 Å². The summed E-state index contributed by atoms with van der Waals surface area (Å²) in [4.78, 5) is 12.2. The van der Waals surface area contributed by atoms with E-state index in [-0.39, 0.29) is 17.7 Å². The van der Waals surface area contributed by atoms with Gasteiger partial charge in [-0.1, -0.05) is 19.3 Å². The van der Waals surface area contributed by atoms with Crippen molar-refractivity contribution in [3.05, 3.63) is 29.8 Å². The SMILES string of the molecule is N#C/C(=N\Nc1ccc(C(=O)NC2CCCCC2)cc1)C(=N)N. The summed E-state index contributed by atoms with van der Waals surface area (Å²) in [6.07, 6.45) is 5.68. The first-order valence-electron chi connectivity index (χ1n) is 7.59. The molecule has 0 aliphatic heterocycles. The average molecular weight is 312 g/mol. The molecular weight excluding hydrogens is 292 g/mol. The maximum absolute atomic E-state index is 12.2. The van der Waals surface area contributed by atoms with Crippen LogP contribution in [0.5, 0.6) is 0 Å². The number of nitriles is 1. The van der Waals surface area contributed by atoms with Gasteiger partial charge >= 0.3 is 0 Å². The van der Waals surface area contributed by atoms with Crippen molar-refractivity contribution in [1.29, 1.82) is 10.7 Å². The van der Waals surface area contributed by atoms with Crippen LogP contribution in [0.4, 0.5) is 5.69 Å². The Hall–Kier alpha value is -2.88. The molecule has 1 amide bonds. The summed E-state index contributed by atoms with van der Waals surface area (Å²) in [7, 11) is 0. The zero-order chi connectivity index (χ0) is 16.7. The number of rotatable bonds is 5. The monoisotopic (exact) mass is 312 g/mol. The van der Waals surface area contributed by atoms with Crippen molar-refractivity contribution in [2.45, 2.75) is 38.1 Å². The Labute approximate surface area is 135 Å². The predicted octanol–water partition coefficient (Wildman–Crippen LogP) is 1.98. The van der Waals surface area contributed by atoms with Crippen LogP contribution >= 0.6 is 0 Å². The molecule has 1 aromatic rings. The number of anilines is 1. The van der Waals surface area contributed by atoms with Crippen molar-refractivity contribution < 1.29 is 4.79 Å². The number of nitrogens with one attached hydrogen (secondary N) is 3. The number of benzene rings is 1. The van der Waals surface area contributed by atoms with Crippen LogP contribution in [0, 0.1) is 16.7 Å². The lowest BCUT2D eigenvalue weighted by Gasteiger charge is -2.22. The van der Waals surface area contributed by atoms with Crippen LogP contribution in [0.3, 0.4) is 0 Å². The van der Waals surface area contributed by atoms with Gasteiger partial charge in [0.25, 0.3) is 5.91 Å². The topological polar surface area (TPSA) is 127 Å². The van der Waals surface area contributed by atoms with Crippen molar-refractivity contribution in [2.75, 3.05) is 5.43 Å². The quantitative estimate of drug-likeness (QED) is 0.376. The van der Waals surface area contributed by atoms with E-state index < -0.39 is 5.84 Å². The van der Waals surface area contributed by atoms with Crippen molar-refractivity contribution in [3.8, 4) is 6.07 Å². The molecule has 1 aliphatic carbocycles. The molecule has 1 aromatic carbocycles. The highest BCUT2D eigenvalue weighted by molar-refractivity contribution is 6.45. The third kappa shape index (κ3) is 4.81. The minimum absolute atomic E-state index is 0.0756. The van der Waals surface area contributed by atoms with Gasteiger partial charge in [0.2, 0.25) is 5.71 Å². The highest BCUT2D eigenvalue weighted by Gasteiger charge is 2.16. The molecule has 0 bridgehead atoms. The van der Waals surface area contributed by atoms with Crippen molar-refractivity contribution in [3.63, 3.8) is 0 Å². The number of carbonyl (C=O) groups excluding carboxylic acids is 1. The van der Waals surface area contributed by atoms with Gasteiger partial charge in [0, 0.05) is 11.6 Å². The average Bonchev–Trinajstić information content (AvgIpc) is 2.56. The molecule has 1 saturated carbocycles. The van der Waals surface area contributed by atoms with Crippen molar-refractivity contribution >= 4 is 23.1 Å². The maximum atomic E-state index is 12.2. The van der Waals surface area contributed by atoms with Crippen LogP contribution in [-0.4, -0.2) is 23.5 Å². The first-order chi connectivity index (χ1) is 11.1. The highest BCUT2D eigenvalue weighted by atomic mass is 16.1. The molecule has 0 radical (unpaired) electrons. The van der Waals surface area contributed by atoms with Crippen LogP contribution in [0.15, 0.2) is 29.4 Å². The van der Waals surface area contributed by atoms with Gasteiger partial charge in [-0.05, 0) is 37.1 Å². The van der Waals surface area contributed by atoms with Crippen molar-refractivity contribution in [1.82, 2.24) is 5.32 Å². The largest absolute Gasteiger partial charge is 0.382 e. The Balaban J connectivity index is 1.94. The molecular formula is C16H20N6O. The lowest BCUT2D eigenvalue weighted by Crippen LogP contribution is -2.36. The first kappa shape index (κ1) is 16.5. The molecule has 5 N–H and O–H groups in total. The second-order valence-corrected chi connectivity index (χ2v) is 5.48. The summed E-state index contributed by atoms with van der Waals surface area (Å²) in [5.41, 5.74) is 8.83. The number of amides is 1. The third-order valence-corrected chi connectivity index (χ3v) is 3.75. The Morgan fingerprint density at radius 1 is 1.26 bits per heavy atom. The van der Waals surface area contributed by atoms with E-state index in [2.05, 4.69) is 15.8 Å². The van der Waals surface area contributed by atoms with Gasteiger partial charge in [0.15, 0.2) is 5.84 Å². The van der Waals surface area contributed by atoms with E-state index in [1.165, 1.54) is 19.3 Å². The molecule has 0 atom stereocenters. The summed E-state index contributed by atoms with van der Waals surface area (Å²) in [5, 5.41) is 22.7. The minimum atomic E-state index is -0.400. The van der Waals surface area contributed by atoms with E-state index in [0.717, 1.165) is 12.8 Å². The van der Waals surface area contributed by atoms with Crippen LogP contribution in [0.25, 0.3) is 0 Å². The molecule has 0 saturated heterocycles. The second kappa shape index (κ2) is 7.94. The van der Waals surface area contributed by atoms with Gasteiger partial charge < -0.3 is 11.1 Å². The van der Waals surface area contributed by atoms with Gasteiger partial charge in [-0.15, -0.1) is 0 Å². The van der Waals surface area contributed by atoms with E-state index in [9.17, 15) is 4.79 Å². The fourth-order valence-corrected chi connectivity index (χ4v) is 2.48. The molecule has 1 fully saturated rings. The third-order valence-electron chi connectivity index (χ3n) is 3.75. The van der Waals surface area contributed by atoms with E-state index in [0.29, 0.717) is 11.3 Å².